The lowest BCUT2D eigenvalue weighted by molar-refractivity contribution is -0.137. The van der Waals surface area contributed by atoms with E-state index in [2.05, 4.69) is 104 Å². The van der Waals surface area contributed by atoms with Crippen LogP contribution in [0.3, 0.4) is 0 Å². The number of halogens is 6. The summed E-state index contributed by atoms with van der Waals surface area (Å²) in [6.45, 7) is 12.3. The predicted octanol–water partition coefficient (Wildman–Crippen LogP) is 14.4. The van der Waals surface area contributed by atoms with E-state index in [0.29, 0.717) is 56.8 Å². The fourth-order valence-corrected chi connectivity index (χ4v) is 7.83. The summed E-state index contributed by atoms with van der Waals surface area (Å²) in [7, 11) is 0. The Morgan fingerprint density at radius 1 is 0.541 bits per heavy atom. The van der Waals surface area contributed by atoms with Crippen LogP contribution in [0.1, 0.15) is 65.2 Å². The summed E-state index contributed by atoms with van der Waals surface area (Å²) in [6, 6.07) is 23.7. The number of urea groups is 1. The normalized spacial score (nSPS) is 11.0. The number of nitrogens with zero attached hydrogens (tertiary/aromatic N) is 15. The van der Waals surface area contributed by atoms with Crippen LogP contribution in [0.4, 0.5) is 35.0 Å². The van der Waals surface area contributed by atoms with Crippen LogP contribution < -0.4 is 25.8 Å². The summed E-state index contributed by atoms with van der Waals surface area (Å²) in [6.07, 6.45) is 15.5. The molecule has 22 nitrogen and oxygen atoms in total. The van der Waals surface area contributed by atoms with Gasteiger partial charge in [0.2, 0.25) is 11.8 Å². The van der Waals surface area contributed by atoms with Gasteiger partial charge in [-0.15, -0.1) is 0 Å². The van der Waals surface area contributed by atoms with Crippen LogP contribution in [0.5, 0.6) is 23.3 Å². The molecule has 11 rings (SSSR count). The van der Waals surface area contributed by atoms with Crippen molar-refractivity contribution >= 4 is 57.9 Å². The predicted molar refractivity (Wildman–Crippen MR) is 317 cm³/mol. The number of aromatic nitrogens is 16. The van der Waals surface area contributed by atoms with E-state index in [1.165, 1.54) is 31.4 Å². The maximum absolute atomic E-state index is 13.1. The Morgan fingerprint density at radius 3 is 1.42 bits per heavy atom. The highest BCUT2D eigenvalue weighted by Gasteiger charge is 2.33. The maximum atomic E-state index is 13.1. The van der Waals surface area contributed by atoms with E-state index in [-0.39, 0.29) is 17.6 Å². The van der Waals surface area contributed by atoms with Gasteiger partial charge in [-0.1, -0.05) is 46.9 Å². The third-order valence-electron chi connectivity index (χ3n) is 11.5. The molecule has 28 heteroatoms. The zero-order valence-corrected chi connectivity index (χ0v) is 48.4. The van der Waals surface area contributed by atoms with Crippen molar-refractivity contribution in [2.75, 3.05) is 16.4 Å². The minimum atomic E-state index is -4.65. The molecule has 2 amide bonds. The van der Waals surface area contributed by atoms with Crippen LogP contribution in [0.25, 0.3) is 45.0 Å². The van der Waals surface area contributed by atoms with E-state index in [0.717, 1.165) is 51.5 Å². The molecule has 436 valence electrons. The first-order valence-electron chi connectivity index (χ1n) is 25.7. The molecule has 0 aliphatic carbocycles. The van der Waals surface area contributed by atoms with E-state index < -0.39 is 22.8 Å². The largest absolute Gasteiger partial charge is 0.439 e. The number of hydrogen-bond acceptors (Lipinski definition) is 16. The average molecular weight is 1220 g/mol. The first-order valence-corrected chi connectivity index (χ1v) is 26.8. The second-order valence-electron chi connectivity index (χ2n) is 18.9. The van der Waals surface area contributed by atoms with Crippen molar-refractivity contribution in [3.05, 3.63) is 187 Å². The van der Waals surface area contributed by atoms with Gasteiger partial charge in [0.1, 0.15) is 47.1 Å². The first-order chi connectivity index (χ1) is 40.7. The number of hydrogen-bond donors (Lipinski definition) is 4. The van der Waals surface area contributed by atoms with Crippen molar-refractivity contribution in [2.24, 2.45) is 0 Å². The Labute approximate surface area is 499 Å². The molecule has 0 saturated carbocycles. The lowest BCUT2D eigenvalue weighted by atomic mass is 10.2. The Balaban J connectivity index is 0.000000162. The van der Waals surface area contributed by atoms with Gasteiger partial charge in [0, 0.05) is 119 Å². The number of nitrogens with one attached hydrogen (secondary N) is 3. The molecule has 11 aromatic rings. The van der Waals surface area contributed by atoms with Gasteiger partial charge in [-0.3, -0.25) is 19.1 Å². The van der Waals surface area contributed by atoms with Crippen molar-refractivity contribution in [2.45, 2.75) is 65.8 Å². The third-order valence-corrected chi connectivity index (χ3v) is 12.3. The van der Waals surface area contributed by atoms with E-state index in [1.54, 1.807) is 91.6 Å². The molecule has 8 aromatic heterocycles. The number of nitrogen functional groups attached to an aromatic ring is 1. The number of amides is 2. The summed E-state index contributed by atoms with van der Waals surface area (Å²) >= 11 is 17.1. The van der Waals surface area contributed by atoms with E-state index in [9.17, 15) is 18.0 Å². The third kappa shape index (κ3) is 17.8. The second-order valence-corrected chi connectivity index (χ2v) is 20.1. The van der Waals surface area contributed by atoms with Gasteiger partial charge >= 0.3 is 12.2 Å². The van der Waals surface area contributed by atoms with Crippen LogP contribution >= 0.6 is 34.8 Å². The number of anilines is 3. The summed E-state index contributed by atoms with van der Waals surface area (Å²) in [5.41, 5.74) is 12.2. The Morgan fingerprint density at radius 2 is 0.988 bits per heavy atom. The van der Waals surface area contributed by atoms with E-state index in [1.807, 2.05) is 58.6 Å². The van der Waals surface area contributed by atoms with Gasteiger partial charge in [-0.2, -0.15) is 33.6 Å². The lowest BCUT2D eigenvalue weighted by Gasteiger charge is -2.13. The lowest BCUT2D eigenvalue weighted by Crippen LogP contribution is -2.20. The molecule has 0 aliphatic rings. The summed E-state index contributed by atoms with van der Waals surface area (Å²) < 4.78 is 56.3. The zero-order chi connectivity index (χ0) is 60.6. The quantitative estimate of drug-likeness (QED) is 0.0617. The second kappa shape index (κ2) is 28.4. The highest BCUT2D eigenvalue weighted by atomic mass is 35.5. The van der Waals surface area contributed by atoms with Gasteiger partial charge in [0.15, 0.2) is 0 Å². The standard InChI is InChI=1S/C24H20ClF3N6O2.C16H17N5O.C10H11ClN4.C7H5ClN4/c1-14(2)34-12-15(11-31-34)21-10-22(30-13-29-21)36-18-5-3-4-16(8-18)32-23(35)33-17-6-7-20(25)19(9-17)24(26,27)28;1-11(2)21-9-12(8-20-21)15-7-16(19-10-18-15)22-14-5-3-4-13(17)6-14;1-7(2)15-5-8(4-14-15)9-3-10(11)13-6-12-9;8-7-1-6(9-4-10-7)5-2-11-12-3-5/h3-14H,1-2H3,(H2,32,33,35);3-11H,17H2,1-2H3;3-7H,1-2H3;1-4H,(H,11,12). The molecule has 8 heterocycles. The van der Waals surface area contributed by atoms with Gasteiger partial charge in [0.25, 0.3) is 0 Å². The van der Waals surface area contributed by atoms with Crippen molar-refractivity contribution in [3.63, 3.8) is 0 Å². The minimum Gasteiger partial charge on any atom is -0.439 e. The van der Waals surface area contributed by atoms with Gasteiger partial charge < -0.3 is 25.8 Å². The fraction of sp³-hybridized carbons (Fsp3) is 0.175. The van der Waals surface area contributed by atoms with Crippen LogP contribution in [0.15, 0.2) is 166 Å². The van der Waals surface area contributed by atoms with Crippen LogP contribution in [-0.4, -0.2) is 85.4 Å². The molecule has 0 spiro atoms. The van der Waals surface area contributed by atoms with Crippen LogP contribution in [0.2, 0.25) is 15.3 Å². The molecule has 0 unspecified atom stereocenters. The number of benzene rings is 3. The Bertz CT molecular complexity index is 3970. The molecule has 0 aliphatic heterocycles. The number of aromatic amines is 1. The molecular weight excluding hydrogens is 1160 g/mol. The van der Waals surface area contributed by atoms with Gasteiger partial charge in [-0.25, -0.2) is 44.7 Å². The molecule has 3 aromatic carbocycles. The van der Waals surface area contributed by atoms with E-state index in [4.69, 9.17) is 50.0 Å². The summed E-state index contributed by atoms with van der Waals surface area (Å²) in [4.78, 5) is 44.9. The number of ether oxygens (including phenoxy) is 2. The number of nitrogens with two attached hydrogens (primary N) is 1. The number of rotatable bonds is 13. The molecule has 0 bridgehead atoms. The molecule has 0 radical (unpaired) electrons. The smallest absolute Gasteiger partial charge is 0.417 e. The topological polar surface area (TPSA) is 271 Å². The fourth-order valence-electron chi connectivity index (χ4n) is 7.31. The van der Waals surface area contributed by atoms with E-state index >= 15 is 0 Å². The van der Waals surface area contributed by atoms with Crippen molar-refractivity contribution in [1.29, 1.82) is 0 Å². The zero-order valence-electron chi connectivity index (χ0n) is 46.1. The SMILES string of the molecule is CC(C)n1cc(-c2cc(Cl)ncn2)cn1.CC(C)n1cc(-c2cc(Oc3cccc(N)c3)ncn2)cn1.CC(C)n1cc(-c2cc(Oc3cccc(NC(=O)Nc4ccc(Cl)c(C(F)(F)F)c4)c3)ncn2)cn1.Clc1cc(-c2cn[nH]c2)ncn1. The summed E-state index contributed by atoms with van der Waals surface area (Å²) in [5.74, 6) is 1.76. The highest BCUT2D eigenvalue weighted by Crippen LogP contribution is 2.36. The maximum Gasteiger partial charge on any atom is 0.417 e. The van der Waals surface area contributed by atoms with Crippen LogP contribution in [-0.2, 0) is 6.18 Å². The first kappa shape index (κ1) is 61.2. The van der Waals surface area contributed by atoms with Gasteiger partial charge in [-0.05, 0) is 84.0 Å². The van der Waals surface area contributed by atoms with Crippen LogP contribution in [0, 0.1) is 0 Å². The molecule has 0 atom stereocenters. The van der Waals surface area contributed by atoms with Gasteiger partial charge in [0.05, 0.1) is 58.1 Å². The monoisotopic (exact) mass is 1210 g/mol. The molecule has 0 saturated heterocycles. The number of alkyl halides is 3. The number of carbonyl (C=O) groups excluding carboxylic acids is 1. The van der Waals surface area contributed by atoms with Crippen molar-refractivity contribution in [1.82, 2.24) is 79.4 Å². The van der Waals surface area contributed by atoms with Crippen molar-refractivity contribution < 1.29 is 27.4 Å². The minimum absolute atomic E-state index is 0.0640. The molecule has 85 heavy (non-hydrogen) atoms. The Hall–Kier alpha value is -9.85. The molecule has 0 fully saturated rings. The number of H-pyrrole nitrogens is 1. The average Bonchev–Trinajstić information content (AvgIpc) is 4.42. The molecule has 5 N–H and O–H groups in total. The molecular formula is C57H53Cl3F3N19O3. The number of carbonyl (C=O) groups is 1. The Kier molecular flexibility index (Phi) is 20.5. The van der Waals surface area contributed by atoms with Crippen molar-refractivity contribution in [3.8, 4) is 68.3 Å². The summed E-state index contributed by atoms with van der Waals surface area (Å²) in [5, 5.41) is 24.7. The highest BCUT2D eigenvalue weighted by molar-refractivity contribution is 6.31.